The summed E-state index contributed by atoms with van der Waals surface area (Å²) in [7, 11) is 2.13. The smallest absolute Gasteiger partial charge is 0.180 e. The zero-order valence-electron chi connectivity index (χ0n) is 13.0. The third-order valence-corrected chi connectivity index (χ3v) is 4.29. The SMILES string of the molecule is CN1CCN(c2ccc3[nH]c(-c4ccccc4F)nc3n2)CC1. The van der Waals surface area contributed by atoms with Crippen LogP contribution in [0.2, 0.25) is 0 Å². The first-order valence-corrected chi connectivity index (χ1v) is 7.76. The Morgan fingerprint density at radius 3 is 2.57 bits per heavy atom. The molecule has 0 saturated carbocycles. The van der Waals surface area contributed by atoms with Crippen molar-refractivity contribution >= 4 is 17.0 Å². The fourth-order valence-electron chi connectivity index (χ4n) is 2.88. The van der Waals surface area contributed by atoms with Gasteiger partial charge >= 0.3 is 0 Å². The predicted octanol–water partition coefficient (Wildman–Crippen LogP) is 2.52. The normalized spacial score (nSPS) is 16.2. The molecule has 0 atom stereocenters. The Hall–Kier alpha value is -2.47. The lowest BCUT2D eigenvalue weighted by Crippen LogP contribution is -2.44. The lowest BCUT2D eigenvalue weighted by Gasteiger charge is -2.33. The van der Waals surface area contributed by atoms with Gasteiger partial charge in [0, 0.05) is 26.2 Å². The number of benzene rings is 1. The monoisotopic (exact) mass is 311 g/mol. The van der Waals surface area contributed by atoms with Crippen LogP contribution in [0, 0.1) is 5.82 Å². The number of halogens is 1. The second-order valence-corrected chi connectivity index (χ2v) is 5.90. The number of aromatic nitrogens is 3. The topological polar surface area (TPSA) is 48.0 Å². The first-order valence-electron chi connectivity index (χ1n) is 7.76. The highest BCUT2D eigenvalue weighted by molar-refractivity contribution is 5.77. The van der Waals surface area contributed by atoms with Crippen molar-refractivity contribution < 1.29 is 4.39 Å². The van der Waals surface area contributed by atoms with E-state index in [2.05, 4.69) is 31.8 Å². The molecule has 0 spiro atoms. The van der Waals surface area contributed by atoms with Gasteiger partial charge < -0.3 is 14.8 Å². The van der Waals surface area contributed by atoms with Crippen molar-refractivity contribution in [2.45, 2.75) is 0 Å². The van der Waals surface area contributed by atoms with Gasteiger partial charge in [0.25, 0.3) is 0 Å². The Morgan fingerprint density at radius 1 is 1.00 bits per heavy atom. The second-order valence-electron chi connectivity index (χ2n) is 5.90. The first kappa shape index (κ1) is 14.1. The van der Waals surface area contributed by atoms with Crippen LogP contribution < -0.4 is 4.90 Å². The van der Waals surface area contributed by atoms with Gasteiger partial charge in [-0.15, -0.1) is 0 Å². The molecule has 0 aliphatic carbocycles. The molecule has 118 valence electrons. The number of H-pyrrole nitrogens is 1. The van der Waals surface area contributed by atoms with Crippen LogP contribution in [0.15, 0.2) is 36.4 Å². The van der Waals surface area contributed by atoms with Crippen molar-refractivity contribution in [3.05, 3.63) is 42.2 Å². The number of aromatic amines is 1. The molecule has 1 saturated heterocycles. The van der Waals surface area contributed by atoms with Crippen LogP contribution in [-0.4, -0.2) is 53.1 Å². The van der Waals surface area contributed by atoms with Crippen LogP contribution in [0.1, 0.15) is 0 Å². The fraction of sp³-hybridized carbons (Fsp3) is 0.294. The van der Waals surface area contributed by atoms with E-state index in [0.29, 0.717) is 17.0 Å². The summed E-state index contributed by atoms with van der Waals surface area (Å²) in [5.74, 6) is 1.16. The quantitative estimate of drug-likeness (QED) is 0.790. The molecule has 4 rings (SSSR count). The minimum atomic E-state index is -0.286. The summed E-state index contributed by atoms with van der Waals surface area (Å²) in [5.41, 5.74) is 1.91. The largest absolute Gasteiger partial charge is 0.354 e. The van der Waals surface area contributed by atoms with Gasteiger partial charge in [-0.25, -0.2) is 14.4 Å². The summed E-state index contributed by atoms with van der Waals surface area (Å²) in [6, 6.07) is 10.6. The van der Waals surface area contributed by atoms with E-state index < -0.39 is 0 Å². The fourth-order valence-corrected chi connectivity index (χ4v) is 2.88. The van der Waals surface area contributed by atoms with Crippen LogP contribution >= 0.6 is 0 Å². The molecule has 1 aliphatic heterocycles. The van der Waals surface area contributed by atoms with Gasteiger partial charge in [-0.2, -0.15) is 0 Å². The van der Waals surface area contributed by atoms with Crippen molar-refractivity contribution in [2.75, 3.05) is 38.1 Å². The van der Waals surface area contributed by atoms with Crippen LogP contribution in [-0.2, 0) is 0 Å². The molecule has 0 bridgehead atoms. The average Bonchev–Trinajstić information content (AvgIpc) is 2.99. The molecule has 1 aromatic carbocycles. The van der Waals surface area contributed by atoms with E-state index in [0.717, 1.165) is 37.5 Å². The third kappa shape index (κ3) is 2.66. The maximum absolute atomic E-state index is 13.9. The number of hydrogen-bond acceptors (Lipinski definition) is 4. The number of hydrogen-bond donors (Lipinski definition) is 1. The summed E-state index contributed by atoms with van der Waals surface area (Å²) in [5, 5.41) is 0. The molecule has 2 aromatic heterocycles. The Balaban J connectivity index is 1.69. The standard InChI is InChI=1S/C17H18FN5/c1-22-8-10-23(11-9-22)15-7-6-14-17(20-15)21-16(19-14)12-4-2-3-5-13(12)18/h2-7H,8-11H2,1H3,(H,19,20,21). The van der Waals surface area contributed by atoms with E-state index >= 15 is 0 Å². The zero-order chi connectivity index (χ0) is 15.8. The van der Waals surface area contributed by atoms with Crippen LogP contribution in [0.4, 0.5) is 10.2 Å². The Labute approximate surface area is 133 Å². The highest BCUT2D eigenvalue weighted by atomic mass is 19.1. The van der Waals surface area contributed by atoms with Crippen LogP contribution in [0.5, 0.6) is 0 Å². The lowest BCUT2D eigenvalue weighted by atomic mass is 10.2. The Morgan fingerprint density at radius 2 is 1.78 bits per heavy atom. The molecule has 0 unspecified atom stereocenters. The molecular formula is C17H18FN5. The number of anilines is 1. The van der Waals surface area contributed by atoms with Gasteiger partial charge in [0.05, 0.1) is 11.1 Å². The van der Waals surface area contributed by atoms with Gasteiger partial charge in [-0.05, 0) is 31.3 Å². The van der Waals surface area contributed by atoms with Crippen molar-refractivity contribution in [2.24, 2.45) is 0 Å². The minimum absolute atomic E-state index is 0.286. The Kier molecular flexibility index (Phi) is 3.46. The van der Waals surface area contributed by atoms with Gasteiger partial charge in [-0.1, -0.05) is 12.1 Å². The first-order chi connectivity index (χ1) is 11.2. The predicted molar refractivity (Wildman–Crippen MR) is 89.0 cm³/mol. The van der Waals surface area contributed by atoms with E-state index in [9.17, 15) is 4.39 Å². The maximum Gasteiger partial charge on any atom is 0.180 e. The molecule has 1 aliphatic rings. The van der Waals surface area contributed by atoms with E-state index in [4.69, 9.17) is 0 Å². The van der Waals surface area contributed by atoms with Gasteiger partial charge in [0.1, 0.15) is 17.5 Å². The highest BCUT2D eigenvalue weighted by Crippen LogP contribution is 2.24. The van der Waals surface area contributed by atoms with Crippen LogP contribution in [0.3, 0.4) is 0 Å². The molecule has 1 N–H and O–H groups in total. The van der Waals surface area contributed by atoms with Gasteiger partial charge in [0.2, 0.25) is 0 Å². The number of fused-ring (bicyclic) bond motifs is 1. The highest BCUT2D eigenvalue weighted by Gasteiger charge is 2.17. The molecule has 23 heavy (non-hydrogen) atoms. The average molecular weight is 311 g/mol. The van der Waals surface area contributed by atoms with E-state index in [1.807, 2.05) is 12.1 Å². The number of nitrogens with zero attached hydrogens (tertiary/aromatic N) is 4. The summed E-state index contributed by atoms with van der Waals surface area (Å²) in [6.07, 6.45) is 0. The van der Waals surface area contributed by atoms with E-state index in [1.165, 1.54) is 6.07 Å². The Bertz CT molecular complexity index is 836. The van der Waals surface area contributed by atoms with Gasteiger partial charge in [0.15, 0.2) is 5.65 Å². The van der Waals surface area contributed by atoms with Crippen molar-refractivity contribution in [1.29, 1.82) is 0 Å². The third-order valence-electron chi connectivity index (χ3n) is 4.29. The summed E-state index contributed by atoms with van der Waals surface area (Å²) in [6.45, 7) is 3.97. The molecule has 3 heterocycles. The summed E-state index contributed by atoms with van der Waals surface area (Å²) >= 11 is 0. The maximum atomic E-state index is 13.9. The number of nitrogens with one attached hydrogen (secondary N) is 1. The number of imidazole rings is 1. The van der Waals surface area contributed by atoms with Crippen molar-refractivity contribution in [1.82, 2.24) is 19.9 Å². The number of rotatable bonds is 2. The van der Waals surface area contributed by atoms with Crippen molar-refractivity contribution in [3.8, 4) is 11.4 Å². The number of likely N-dealkylation sites (N-methyl/N-ethyl adjacent to an activating group) is 1. The number of pyridine rings is 1. The molecular weight excluding hydrogens is 293 g/mol. The van der Waals surface area contributed by atoms with Crippen LogP contribution in [0.25, 0.3) is 22.6 Å². The van der Waals surface area contributed by atoms with E-state index in [-0.39, 0.29) is 5.82 Å². The molecule has 1 fully saturated rings. The van der Waals surface area contributed by atoms with Gasteiger partial charge in [-0.3, -0.25) is 0 Å². The molecule has 0 amide bonds. The van der Waals surface area contributed by atoms with E-state index in [1.54, 1.807) is 18.2 Å². The number of piperazine rings is 1. The summed E-state index contributed by atoms with van der Waals surface area (Å²) in [4.78, 5) is 16.8. The minimum Gasteiger partial charge on any atom is -0.354 e. The second kappa shape index (κ2) is 5.62. The lowest BCUT2D eigenvalue weighted by molar-refractivity contribution is 0.312. The molecule has 3 aromatic rings. The zero-order valence-corrected chi connectivity index (χ0v) is 13.0. The molecule has 6 heteroatoms. The molecule has 0 radical (unpaired) electrons. The summed E-state index contributed by atoms with van der Waals surface area (Å²) < 4.78 is 13.9. The van der Waals surface area contributed by atoms with Crippen molar-refractivity contribution in [3.63, 3.8) is 0 Å². The molecule has 5 nitrogen and oxygen atoms in total.